The second-order valence-electron chi connectivity index (χ2n) is 3.24. The highest BCUT2D eigenvalue weighted by Gasteiger charge is 2.18. The molecule has 0 aliphatic rings. The molecule has 17 heavy (non-hydrogen) atoms. The van der Waals surface area contributed by atoms with Crippen LogP contribution in [0.1, 0.15) is 10.5 Å². The van der Waals surface area contributed by atoms with Crippen LogP contribution in [0.25, 0.3) is 10.8 Å². The van der Waals surface area contributed by atoms with Crippen LogP contribution in [0.2, 0.25) is 5.02 Å². The lowest BCUT2D eigenvalue weighted by Crippen LogP contribution is -2.02. The Labute approximate surface area is 99.6 Å². The summed E-state index contributed by atoms with van der Waals surface area (Å²) in [6.07, 6.45) is 1.21. The van der Waals surface area contributed by atoms with Gasteiger partial charge in [0.05, 0.1) is 10.3 Å². The molecule has 0 spiro atoms. The van der Waals surface area contributed by atoms with Gasteiger partial charge in [-0.3, -0.25) is 10.1 Å². The predicted molar refractivity (Wildman–Crippen MR) is 60.4 cm³/mol. The van der Waals surface area contributed by atoms with Crippen molar-refractivity contribution in [2.24, 2.45) is 0 Å². The fourth-order valence-corrected chi connectivity index (χ4v) is 1.76. The highest BCUT2D eigenvalue weighted by molar-refractivity contribution is 6.32. The molecule has 0 amide bonds. The Hall–Kier alpha value is -2.21. The Morgan fingerprint density at radius 1 is 1.41 bits per heavy atom. The number of non-ortho nitro benzene ring substituents is 1. The minimum atomic E-state index is -1.26. The van der Waals surface area contributed by atoms with Gasteiger partial charge in [0.1, 0.15) is 0 Å². The molecule has 86 valence electrons. The number of pyridine rings is 1. The molecule has 2 rings (SSSR count). The molecule has 0 aliphatic heterocycles. The first kappa shape index (κ1) is 11.3. The third-order valence-electron chi connectivity index (χ3n) is 2.22. The Kier molecular flexibility index (Phi) is 2.64. The normalized spacial score (nSPS) is 10.4. The Bertz CT molecular complexity index is 641. The average Bonchev–Trinajstić information content (AvgIpc) is 2.26. The number of benzene rings is 1. The summed E-state index contributed by atoms with van der Waals surface area (Å²) in [5.41, 5.74) is -0.495. The zero-order valence-corrected chi connectivity index (χ0v) is 9.01. The maximum atomic E-state index is 10.9. The van der Waals surface area contributed by atoms with Crippen molar-refractivity contribution in [3.63, 3.8) is 0 Å². The van der Waals surface area contributed by atoms with Crippen molar-refractivity contribution in [3.05, 3.63) is 45.2 Å². The molecular formula is C10H5ClN2O4. The van der Waals surface area contributed by atoms with Gasteiger partial charge in [-0.15, -0.1) is 0 Å². The van der Waals surface area contributed by atoms with E-state index in [1.54, 1.807) is 0 Å². The Morgan fingerprint density at radius 3 is 2.71 bits per heavy atom. The van der Waals surface area contributed by atoms with Gasteiger partial charge in [0.2, 0.25) is 0 Å². The van der Waals surface area contributed by atoms with Crippen molar-refractivity contribution in [3.8, 4) is 0 Å². The van der Waals surface area contributed by atoms with E-state index in [0.717, 1.165) is 0 Å². The summed E-state index contributed by atoms with van der Waals surface area (Å²) < 4.78 is 0. The predicted octanol–water partition coefficient (Wildman–Crippen LogP) is 2.49. The standard InChI is InChI=1S/C10H5ClN2O4/c11-5-3-7-6(8(4-5)13(16)17)1-2-12-9(7)10(14)15/h1-4H,(H,14,15). The summed E-state index contributed by atoms with van der Waals surface area (Å²) in [4.78, 5) is 24.8. The van der Waals surface area contributed by atoms with E-state index >= 15 is 0 Å². The zero-order valence-electron chi connectivity index (χ0n) is 8.25. The highest BCUT2D eigenvalue weighted by atomic mass is 35.5. The van der Waals surface area contributed by atoms with E-state index < -0.39 is 10.9 Å². The molecule has 2 aromatic rings. The molecular weight excluding hydrogens is 248 g/mol. The lowest BCUT2D eigenvalue weighted by atomic mass is 10.1. The second-order valence-corrected chi connectivity index (χ2v) is 3.68. The van der Waals surface area contributed by atoms with E-state index in [-0.39, 0.29) is 27.2 Å². The zero-order chi connectivity index (χ0) is 12.6. The highest BCUT2D eigenvalue weighted by Crippen LogP contribution is 2.30. The molecule has 0 saturated heterocycles. The first-order valence-electron chi connectivity index (χ1n) is 4.46. The van der Waals surface area contributed by atoms with Gasteiger partial charge in [0, 0.05) is 22.7 Å². The summed E-state index contributed by atoms with van der Waals surface area (Å²) in [5.74, 6) is -1.26. The van der Waals surface area contributed by atoms with E-state index in [2.05, 4.69) is 4.98 Å². The van der Waals surface area contributed by atoms with Gasteiger partial charge in [-0.1, -0.05) is 11.6 Å². The first-order chi connectivity index (χ1) is 8.00. The van der Waals surface area contributed by atoms with E-state index in [4.69, 9.17) is 16.7 Å². The van der Waals surface area contributed by atoms with Crippen molar-refractivity contribution < 1.29 is 14.8 Å². The summed E-state index contributed by atoms with van der Waals surface area (Å²) in [6, 6.07) is 3.91. The Morgan fingerprint density at radius 2 is 2.12 bits per heavy atom. The minimum Gasteiger partial charge on any atom is -0.476 e. The van der Waals surface area contributed by atoms with Crippen LogP contribution in [0.15, 0.2) is 24.4 Å². The van der Waals surface area contributed by atoms with Crippen molar-refractivity contribution in [1.82, 2.24) is 4.98 Å². The number of aromatic nitrogens is 1. The van der Waals surface area contributed by atoms with Gasteiger partial charge in [-0.2, -0.15) is 0 Å². The minimum absolute atomic E-state index is 0.0969. The van der Waals surface area contributed by atoms with Gasteiger partial charge in [0.15, 0.2) is 5.69 Å². The molecule has 0 radical (unpaired) electrons. The van der Waals surface area contributed by atoms with E-state index in [1.807, 2.05) is 0 Å². The van der Waals surface area contributed by atoms with Crippen LogP contribution in [0.4, 0.5) is 5.69 Å². The molecule has 6 nitrogen and oxygen atoms in total. The van der Waals surface area contributed by atoms with Gasteiger partial charge in [-0.05, 0) is 12.1 Å². The number of hydrogen-bond acceptors (Lipinski definition) is 4. The molecule has 0 fully saturated rings. The quantitative estimate of drug-likeness (QED) is 0.655. The molecule has 1 aromatic heterocycles. The van der Waals surface area contributed by atoms with Crippen LogP contribution in [0, 0.1) is 10.1 Å². The number of nitro groups is 1. The van der Waals surface area contributed by atoms with E-state index in [1.165, 1.54) is 24.4 Å². The fourth-order valence-electron chi connectivity index (χ4n) is 1.55. The average molecular weight is 253 g/mol. The van der Waals surface area contributed by atoms with Crippen LogP contribution in [0.3, 0.4) is 0 Å². The number of rotatable bonds is 2. The fraction of sp³-hybridized carbons (Fsp3) is 0. The van der Waals surface area contributed by atoms with Crippen molar-refractivity contribution in [2.75, 3.05) is 0 Å². The van der Waals surface area contributed by atoms with Gasteiger partial charge in [0.25, 0.3) is 5.69 Å². The van der Waals surface area contributed by atoms with Crippen LogP contribution >= 0.6 is 11.6 Å². The summed E-state index contributed by atoms with van der Waals surface area (Å²) in [7, 11) is 0. The lowest BCUT2D eigenvalue weighted by molar-refractivity contribution is -0.383. The number of carboxylic acids is 1. The maximum absolute atomic E-state index is 10.9. The number of aromatic carboxylic acids is 1. The van der Waals surface area contributed by atoms with Crippen molar-refractivity contribution in [1.29, 1.82) is 0 Å². The van der Waals surface area contributed by atoms with Gasteiger partial charge < -0.3 is 5.11 Å². The Balaban J connectivity index is 2.92. The maximum Gasteiger partial charge on any atom is 0.355 e. The largest absolute Gasteiger partial charge is 0.476 e. The lowest BCUT2D eigenvalue weighted by Gasteiger charge is -2.03. The summed E-state index contributed by atoms with van der Waals surface area (Å²) in [6.45, 7) is 0. The van der Waals surface area contributed by atoms with Crippen LogP contribution in [-0.2, 0) is 0 Å². The topological polar surface area (TPSA) is 93.3 Å². The third kappa shape index (κ3) is 1.90. The number of carbonyl (C=O) groups is 1. The summed E-state index contributed by atoms with van der Waals surface area (Å²) >= 11 is 5.72. The number of hydrogen-bond donors (Lipinski definition) is 1. The van der Waals surface area contributed by atoms with Crippen molar-refractivity contribution in [2.45, 2.75) is 0 Å². The summed E-state index contributed by atoms with van der Waals surface area (Å²) in [5, 5.41) is 20.2. The molecule has 0 aliphatic carbocycles. The number of nitrogens with zero attached hydrogens (tertiary/aromatic N) is 2. The van der Waals surface area contributed by atoms with E-state index in [9.17, 15) is 14.9 Å². The van der Waals surface area contributed by atoms with Gasteiger partial charge in [-0.25, -0.2) is 9.78 Å². The smallest absolute Gasteiger partial charge is 0.355 e. The molecule has 0 unspecified atom stereocenters. The molecule has 0 atom stereocenters. The van der Waals surface area contributed by atoms with E-state index in [0.29, 0.717) is 0 Å². The van der Waals surface area contributed by atoms with Crippen LogP contribution in [-0.4, -0.2) is 21.0 Å². The second kappa shape index (κ2) is 3.99. The van der Waals surface area contributed by atoms with Gasteiger partial charge >= 0.3 is 5.97 Å². The van der Waals surface area contributed by atoms with Crippen LogP contribution in [0.5, 0.6) is 0 Å². The third-order valence-corrected chi connectivity index (χ3v) is 2.44. The molecule has 7 heteroatoms. The molecule has 1 aromatic carbocycles. The molecule has 1 N–H and O–H groups in total. The molecule has 0 bridgehead atoms. The number of nitro benzene ring substituents is 1. The number of halogens is 1. The monoisotopic (exact) mass is 252 g/mol. The first-order valence-corrected chi connectivity index (χ1v) is 4.84. The van der Waals surface area contributed by atoms with Crippen LogP contribution < -0.4 is 0 Å². The number of fused-ring (bicyclic) bond motifs is 1. The van der Waals surface area contributed by atoms with Crippen molar-refractivity contribution >= 4 is 34.0 Å². The molecule has 1 heterocycles. The molecule has 0 saturated carbocycles. The SMILES string of the molecule is O=C(O)c1nccc2c([N+](=O)[O-])cc(Cl)cc12. The number of carboxylic acid groups (broad SMARTS) is 1.